The highest BCUT2D eigenvalue weighted by Gasteiger charge is 2.25. The maximum Gasteiger partial charge on any atom is 0.227 e. The number of methoxy groups -OCH3 is 1. The molecule has 1 amide bonds. The number of ether oxygens (including phenoxy) is 2. The third-order valence-corrected chi connectivity index (χ3v) is 4.59. The summed E-state index contributed by atoms with van der Waals surface area (Å²) in [6.45, 7) is 12.4. The van der Waals surface area contributed by atoms with Crippen LogP contribution < -0.4 is 14.8 Å². The first-order chi connectivity index (χ1) is 12.4. The summed E-state index contributed by atoms with van der Waals surface area (Å²) in [7, 11) is 1.63. The Bertz CT molecular complexity index is 579. The minimum atomic E-state index is 0.0838. The van der Waals surface area contributed by atoms with E-state index in [0.717, 1.165) is 38.2 Å². The van der Waals surface area contributed by atoms with Crippen LogP contribution in [0.25, 0.3) is 0 Å². The van der Waals surface area contributed by atoms with Crippen LogP contribution in [0.3, 0.4) is 0 Å². The zero-order valence-electron chi connectivity index (χ0n) is 16.9. The van der Waals surface area contributed by atoms with Crippen molar-refractivity contribution < 1.29 is 14.3 Å². The van der Waals surface area contributed by atoms with E-state index in [4.69, 9.17) is 9.47 Å². The van der Waals surface area contributed by atoms with E-state index in [-0.39, 0.29) is 11.8 Å². The molecular formula is C21H34N2O3. The highest BCUT2D eigenvalue weighted by atomic mass is 16.5. The van der Waals surface area contributed by atoms with Gasteiger partial charge in [-0.1, -0.05) is 27.7 Å². The normalized spacial score (nSPS) is 16.1. The molecule has 1 fully saturated rings. The number of nitrogens with one attached hydrogen (secondary N) is 1. The molecule has 5 heteroatoms. The Labute approximate surface area is 158 Å². The first-order valence-corrected chi connectivity index (χ1v) is 9.73. The van der Waals surface area contributed by atoms with E-state index in [1.807, 2.05) is 18.2 Å². The second-order valence-electron chi connectivity index (χ2n) is 8.03. The molecule has 1 aromatic carbocycles. The van der Waals surface area contributed by atoms with Gasteiger partial charge in [-0.3, -0.25) is 4.79 Å². The molecule has 0 radical (unpaired) electrons. The fraction of sp³-hybridized carbons (Fsp3) is 0.667. The summed E-state index contributed by atoms with van der Waals surface area (Å²) in [5.41, 5.74) is 0.763. The Morgan fingerprint density at radius 2 is 1.85 bits per heavy atom. The Morgan fingerprint density at radius 3 is 2.42 bits per heavy atom. The van der Waals surface area contributed by atoms with Crippen molar-refractivity contribution in [1.29, 1.82) is 0 Å². The Balaban J connectivity index is 1.93. The smallest absolute Gasteiger partial charge is 0.227 e. The predicted molar refractivity (Wildman–Crippen MR) is 106 cm³/mol. The number of carbonyl (C=O) groups excluding carboxylic acids is 1. The van der Waals surface area contributed by atoms with Gasteiger partial charge in [0.2, 0.25) is 5.91 Å². The van der Waals surface area contributed by atoms with E-state index in [1.54, 1.807) is 7.11 Å². The Hall–Kier alpha value is -1.75. The third-order valence-electron chi connectivity index (χ3n) is 4.59. The van der Waals surface area contributed by atoms with Crippen molar-refractivity contribution in [1.82, 2.24) is 4.90 Å². The topological polar surface area (TPSA) is 50.8 Å². The summed E-state index contributed by atoms with van der Waals surface area (Å²) in [6, 6.07) is 5.57. The van der Waals surface area contributed by atoms with E-state index in [2.05, 4.69) is 37.9 Å². The molecule has 0 bridgehead atoms. The summed E-state index contributed by atoms with van der Waals surface area (Å²) < 4.78 is 11.2. The van der Waals surface area contributed by atoms with Crippen molar-refractivity contribution in [2.24, 2.45) is 17.8 Å². The maximum atomic E-state index is 12.6. The number of amides is 1. The largest absolute Gasteiger partial charge is 0.493 e. The molecule has 5 nitrogen and oxygen atoms in total. The molecule has 1 aromatic rings. The standard InChI is InChI=1S/C21H34N2O3/c1-15(2)13-23-10-8-17(9-11-23)21(24)22-18-6-7-19(25-5)20(12-18)26-14-16(3)4/h6-7,12,15-17H,8-11,13-14H2,1-5H3,(H,22,24). The van der Waals surface area contributed by atoms with Crippen LogP contribution in [0.1, 0.15) is 40.5 Å². The maximum absolute atomic E-state index is 12.6. The lowest BCUT2D eigenvalue weighted by Gasteiger charge is -2.32. The van der Waals surface area contributed by atoms with Gasteiger partial charge in [0.15, 0.2) is 11.5 Å². The number of anilines is 1. The average molecular weight is 363 g/mol. The Kier molecular flexibility index (Phi) is 7.76. The van der Waals surface area contributed by atoms with Gasteiger partial charge in [-0.05, 0) is 49.9 Å². The highest BCUT2D eigenvalue weighted by Crippen LogP contribution is 2.31. The fourth-order valence-electron chi connectivity index (χ4n) is 3.26. The number of nitrogens with zero attached hydrogens (tertiary/aromatic N) is 1. The molecule has 26 heavy (non-hydrogen) atoms. The predicted octanol–water partition coefficient (Wildman–Crippen LogP) is 4.04. The molecule has 1 aliphatic rings. The van der Waals surface area contributed by atoms with Gasteiger partial charge in [0, 0.05) is 24.2 Å². The van der Waals surface area contributed by atoms with Gasteiger partial charge < -0.3 is 19.7 Å². The minimum absolute atomic E-state index is 0.0838. The van der Waals surface area contributed by atoms with Crippen LogP contribution in [-0.4, -0.2) is 44.2 Å². The zero-order chi connectivity index (χ0) is 19.1. The van der Waals surface area contributed by atoms with Gasteiger partial charge in [0.1, 0.15) is 0 Å². The first-order valence-electron chi connectivity index (χ1n) is 9.73. The molecule has 1 saturated heterocycles. The van der Waals surface area contributed by atoms with Crippen LogP contribution in [0, 0.1) is 17.8 Å². The first kappa shape index (κ1) is 20.6. The number of hydrogen-bond donors (Lipinski definition) is 1. The molecule has 0 spiro atoms. The molecule has 0 atom stereocenters. The van der Waals surface area contributed by atoms with E-state index in [9.17, 15) is 4.79 Å². The van der Waals surface area contributed by atoms with Crippen molar-refractivity contribution in [3.63, 3.8) is 0 Å². The van der Waals surface area contributed by atoms with E-state index < -0.39 is 0 Å². The highest BCUT2D eigenvalue weighted by molar-refractivity contribution is 5.93. The van der Waals surface area contributed by atoms with Crippen molar-refractivity contribution in [3.8, 4) is 11.5 Å². The quantitative estimate of drug-likeness (QED) is 0.758. The lowest BCUT2D eigenvalue weighted by atomic mass is 9.95. The van der Waals surface area contributed by atoms with Gasteiger partial charge in [-0.2, -0.15) is 0 Å². The van der Waals surface area contributed by atoms with Crippen molar-refractivity contribution >= 4 is 11.6 Å². The number of benzene rings is 1. The van der Waals surface area contributed by atoms with Gasteiger partial charge >= 0.3 is 0 Å². The van der Waals surface area contributed by atoms with Gasteiger partial charge in [-0.15, -0.1) is 0 Å². The van der Waals surface area contributed by atoms with Crippen molar-refractivity contribution in [2.75, 3.05) is 38.7 Å². The Morgan fingerprint density at radius 1 is 1.15 bits per heavy atom. The van der Waals surface area contributed by atoms with Crippen molar-refractivity contribution in [2.45, 2.75) is 40.5 Å². The number of hydrogen-bond acceptors (Lipinski definition) is 4. The molecule has 0 saturated carbocycles. The molecule has 0 aliphatic carbocycles. The number of rotatable bonds is 8. The van der Waals surface area contributed by atoms with Crippen LogP contribution in [0.5, 0.6) is 11.5 Å². The number of likely N-dealkylation sites (tertiary alicyclic amines) is 1. The summed E-state index contributed by atoms with van der Waals surface area (Å²) in [5.74, 6) is 2.64. The van der Waals surface area contributed by atoms with Crippen LogP contribution in [0.4, 0.5) is 5.69 Å². The average Bonchev–Trinajstić information content (AvgIpc) is 2.60. The molecule has 1 N–H and O–H groups in total. The zero-order valence-corrected chi connectivity index (χ0v) is 16.9. The lowest BCUT2D eigenvalue weighted by Crippen LogP contribution is -2.39. The van der Waals surface area contributed by atoms with Gasteiger partial charge in [0.05, 0.1) is 13.7 Å². The van der Waals surface area contributed by atoms with Crippen LogP contribution >= 0.6 is 0 Å². The molecule has 0 aromatic heterocycles. The number of carbonyl (C=O) groups is 1. The molecule has 2 rings (SSSR count). The van der Waals surface area contributed by atoms with Crippen LogP contribution in [-0.2, 0) is 4.79 Å². The molecular weight excluding hydrogens is 328 g/mol. The lowest BCUT2D eigenvalue weighted by molar-refractivity contribution is -0.121. The fourth-order valence-corrected chi connectivity index (χ4v) is 3.26. The third kappa shape index (κ3) is 6.20. The van der Waals surface area contributed by atoms with E-state index in [1.165, 1.54) is 0 Å². The molecule has 146 valence electrons. The summed E-state index contributed by atoms with van der Waals surface area (Å²) in [5, 5.41) is 3.05. The minimum Gasteiger partial charge on any atom is -0.493 e. The molecule has 0 unspecified atom stereocenters. The molecule has 1 heterocycles. The second-order valence-corrected chi connectivity index (χ2v) is 8.03. The SMILES string of the molecule is COc1ccc(NC(=O)C2CCN(CC(C)C)CC2)cc1OCC(C)C. The second kappa shape index (κ2) is 9.81. The summed E-state index contributed by atoms with van der Waals surface area (Å²) in [6.07, 6.45) is 1.84. The van der Waals surface area contributed by atoms with E-state index >= 15 is 0 Å². The summed E-state index contributed by atoms with van der Waals surface area (Å²) >= 11 is 0. The van der Waals surface area contributed by atoms with Gasteiger partial charge in [-0.25, -0.2) is 0 Å². The van der Waals surface area contributed by atoms with E-state index in [0.29, 0.717) is 29.9 Å². The van der Waals surface area contributed by atoms with Crippen molar-refractivity contribution in [3.05, 3.63) is 18.2 Å². The number of piperidine rings is 1. The molecule has 1 aliphatic heterocycles. The van der Waals surface area contributed by atoms with Crippen LogP contribution in [0.15, 0.2) is 18.2 Å². The monoisotopic (exact) mass is 362 g/mol. The van der Waals surface area contributed by atoms with Crippen LogP contribution in [0.2, 0.25) is 0 Å². The summed E-state index contributed by atoms with van der Waals surface area (Å²) in [4.78, 5) is 15.1. The van der Waals surface area contributed by atoms with Gasteiger partial charge in [0.25, 0.3) is 0 Å².